The summed E-state index contributed by atoms with van der Waals surface area (Å²) in [6.45, 7) is 0. The lowest BCUT2D eigenvalue weighted by atomic mass is 10.1. The van der Waals surface area contributed by atoms with Crippen molar-refractivity contribution in [1.29, 1.82) is 5.41 Å². The number of hydrogen-bond acceptors (Lipinski definition) is 1. The van der Waals surface area contributed by atoms with Gasteiger partial charge in [0.15, 0.2) is 13.9 Å². The number of nitrogens with one attached hydrogen (secondary N) is 1. The lowest BCUT2D eigenvalue weighted by molar-refractivity contribution is 1.21. The molecule has 2 aromatic heterocycles. The van der Waals surface area contributed by atoms with Crippen LogP contribution < -0.4 is 20.7 Å². The first-order valence-electron chi connectivity index (χ1n) is 37.1. The SMILES string of the molecule is [2H]c1cc([Si](c2c([2H])c([2H])c([2H])c([2H])c2[2H])(c2c([2H])c([2H])c([2H])c(C(=N)N=C(N=Cn3c4c([2H])c([2H])c([2H])c([2H])c4c4c([2H])c([2H])c([2H])c([2H])c43)n3c4c([2H])c([2H])c([2H])c([2H])c4c4c([2H])c([2H])c([2H])c([2H])c43)c2[2H])c2c([2H])c([2H])c([2H])c(-c3c([2H])c([2H])c([2H])c([2H])c3[2H])c2[2H])c([2H])c([2H])c1[2H]. The van der Waals surface area contributed by atoms with Gasteiger partial charge in [0, 0.05) is 27.1 Å². The molecule has 11 rings (SSSR count). The molecule has 0 amide bonds. The molecular formula is C57H41N5Si. The molecule has 1 N–H and O–H groups in total. The fourth-order valence-corrected chi connectivity index (χ4v) is 10.7. The van der Waals surface area contributed by atoms with Crippen molar-refractivity contribution in [3.8, 4) is 11.1 Å². The van der Waals surface area contributed by atoms with Crippen LogP contribution in [0, 0.1) is 5.41 Å². The first-order chi connectivity index (χ1) is 47.0. The van der Waals surface area contributed by atoms with Crippen molar-refractivity contribution >= 4 is 90.6 Å². The van der Waals surface area contributed by atoms with Crippen LogP contribution in [-0.4, -0.2) is 35.3 Å². The van der Waals surface area contributed by atoms with Gasteiger partial charge in [0.05, 0.1) is 74.2 Å². The van der Waals surface area contributed by atoms with Crippen molar-refractivity contribution in [2.24, 2.45) is 9.98 Å². The molecule has 0 saturated carbocycles. The molecule has 1 atom stereocenters. The van der Waals surface area contributed by atoms with E-state index in [1.807, 2.05) is 0 Å². The maximum atomic E-state index is 10.5. The molecule has 63 heavy (non-hydrogen) atoms. The zero-order chi connectivity index (χ0) is 75.2. The van der Waals surface area contributed by atoms with E-state index >= 15 is 0 Å². The zero-order valence-corrected chi connectivity index (χ0v) is 32.4. The van der Waals surface area contributed by atoms with Gasteiger partial charge in [-0.1, -0.05) is 212 Å². The van der Waals surface area contributed by atoms with Gasteiger partial charge in [-0.2, -0.15) is 4.99 Å². The average molecular weight is 862 g/mol. The Morgan fingerprint density at radius 2 is 0.905 bits per heavy atom. The summed E-state index contributed by atoms with van der Waals surface area (Å²) in [5.41, 5.74) is -6.56. The minimum absolute atomic E-state index is 0.516. The molecule has 0 aliphatic heterocycles. The van der Waals surface area contributed by atoms with Gasteiger partial charge in [0.2, 0.25) is 5.96 Å². The van der Waals surface area contributed by atoms with Gasteiger partial charge in [-0.3, -0.25) is 14.5 Å². The van der Waals surface area contributed by atoms with E-state index in [1.54, 1.807) is 0 Å². The van der Waals surface area contributed by atoms with Gasteiger partial charge < -0.3 is 0 Å². The number of benzene rings is 9. The minimum Gasteiger partial charge on any atom is -0.300 e. The van der Waals surface area contributed by atoms with Crippen LogP contribution in [0.5, 0.6) is 0 Å². The Bertz CT molecular complexity index is 5590. The molecule has 0 aliphatic carbocycles. The minimum atomic E-state index is -6.66. The first kappa shape index (κ1) is 15.0. The van der Waals surface area contributed by atoms with Crippen molar-refractivity contribution in [3.05, 3.63) is 241 Å². The molecule has 0 spiro atoms. The van der Waals surface area contributed by atoms with Crippen LogP contribution in [0.3, 0.4) is 0 Å². The van der Waals surface area contributed by atoms with E-state index in [0.717, 1.165) is 0 Å². The number of para-hydroxylation sites is 4. The summed E-state index contributed by atoms with van der Waals surface area (Å²) < 4.78 is 349. The van der Waals surface area contributed by atoms with Crippen LogP contribution in [0.25, 0.3) is 54.7 Å². The summed E-state index contributed by atoms with van der Waals surface area (Å²) in [7, 11) is -6.66. The maximum absolute atomic E-state index is 10.5. The fraction of sp³-hybridized carbons (Fsp3) is 0. The molecule has 0 fully saturated rings. The Kier molecular flexibility index (Phi) is 3.82. The van der Waals surface area contributed by atoms with Crippen molar-refractivity contribution in [3.63, 3.8) is 0 Å². The topological polar surface area (TPSA) is 58.4 Å². The van der Waals surface area contributed by atoms with Gasteiger partial charge >= 0.3 is 0 Å². The molecule has 0 bridgehead atoms. The molecule has 0 aliphatic rings. The molecule has 9 aromatic carbocycles. The van der Waals surface area contributed by atoms with Crippen LogP contribution >= 0.6 is 0 Å². The number of hydrogen-bond donors (Lipinski definition) is 1. The predicted octanol–water partition coefficient (Wildman–Crippen LogP) is 10.8. The van der Waals surface area contributed by atoms with Crippen molar-refractivity contribution < 1.29 is 52.1 Å². The highest BCUT2D eigenvalue weighted by Crippen LogP contribution is 2.30. The third-order valence-electron chi connectivity index (χ3n) is 9.61. The molecule has 298 valence electrons. The summed E-state index contributed by atoms with van der Waals surface area (Å²) in [4.78, 5) is 8.77. The van der Waals surface area contributed by atoms with Gasteiger partial charge in [0.1, 0.15) is 6.34 Å². The van der Waals surface area contributed by atoms with Crippen LogP contribution in [-0.2, 0) is 0 Å². The van der Waals surface area contributed by atoms with E-state index in [4.69, 9.17) is 34.3 Å². The van der Waals surface area contributed by atoms with Gasteiger partial charge in [0.25, 0.3) is 0 Å². The fourth-order valence-electron chi connectivity index (χ4n) is 6.96. The molecule has 11 aromatic rings. The van der Waals surface area contributed by atoms with Crippen molar-refractivity contribution in [2.75, 3.05) is 0 Å². The highest BCUT2D eigenvalue weighted by atomic mass is 28.3. The second-order valence-electron chi connectivity index (χ2n) is 12.9. The molecular weight excluding hydrogens is 783 g/mol. The largest absolute Gasteiger partial charge is 0.300 e. The van der Waals surface area contributed by atoms with Gasteiger partial charge in [-0.05, 0) is 56.0 Å². The summed E-state index contributed by atoms with van der Waals surface area (Å²) in [5.74, 6) is -2.92. The van der Waals surface area contributed by atoms with Crippen LogP contribution in [0.15, 0.2) is 246 Å². The maximum Gasteiger partial charge on any atom is 0.238 e. The Morgan fingerprint density at radius 3 is 1.54 bits per heavy atom. The Balaban J connectivity index is 1.41. The molecule has 1 unspecified atom stereocenters. The third kappa shape index (κ3) is 6.52. The summed E-state index contributed by atoms with van der Waals surface area (Å²) >= 11 is 0. The van der Waals surface area contributed by atoms with E-state index in [0.29, 0.717) is 21.5 Å². The molecule has 0 saturated heterocycles. The number of amidine groups is 1. The zero-order valence-electron chi connectivity index (χ0n) is 69.4. The van der Waals surface area contributed by atoms with Crippen LogP contribution in [0.2, 0.25) is 0 Å². The lowest BCUT2D eigenvalue weighted by Crippen LogP contribution is -2.74. The lowest BCUT2D eigenvalue weighted by Gasteiger charge is -2.35. The highest BCUT2D eigenvalue weighted by molar-refractivity contribution is 7.20. The Labute approximate surface area is 420 Å². The van der Waals surface area contributed by atoms with E-state index in [-0.39, 0.29) is 0 Å². The molecule has 0 radical (unpaired) electrons. The van der Waals surface area contributed by atoms with E-state index in [2.05, 4.69) is 9.98 Å². The number of fused-ring (bicyclic) bond motifs is 6. The molecule has 6 heteroatoms. The first-order valence-corrected chi connectivity index (χ1v) is 20.1. The van der Waals surface area contributed by atoms with Crippen molar-refractivity contribution in [2.45, 2.75) is 0 Å². The van der Waals surface area contributed by atoms with Crippen LogP contribution in [0.4, 0.5) is 0 Å². The number of nitrogens with zero attached hydrogens (tertiary/aromatic N) is 4. The smallest absolute Gasteiger partial charge is 0.238 e. The average Bonchev–Trinajstić information content (AvgIpc) is 1.31. The number of rotatable bonds is 7. The summed E-state index contributed by atoms with van der Waals surface area (Å²) in [6.07, 6.45) is 0.552. The second-order valence-corrected chi connectivity index (χ2v) is 16.5. The summed E-state index contributed by atoms with van der Waals surface area (Å²) in [5, 5.41) is 2.60. The summed E-state index contributed by atoms with van der Waals surface area (Å²) in [6, 6.07) is -43.2. The quantitative estimate of drug-likeness (QED) is 0.0718. The van der Waals surface area contributed by atoms with Gasteiger partial charge in [-0.15, -0.1) is 0 Å². The van der Waals surface area contributed by atoms with Crippen LogP contribution in [0.1, 0.15) is 57.7 Å². The molecule has 5 nitrogen and oxygen atoms in total. The van der Waals surface area contributed by atoms with E-state index in [1.165, 1.54) is 0 Å². The Morgan fingerprint density at radius 1 is 0.444 bits per heavy atom. The second kappa shape index (κ2) is 16.0. The number of aliphatic imine (C=N–C) groups is 2. The van der Waals surface area contributed by atoms with Gasteiger partial charge in [-0.25, -0.2) is 4.99 Å². The predicted molar refractivity (Wildman–Crippen MR) is 268 cm³/mol. The Hall–Kier alpha value is -8.19. The molecule has 2 heterocycles. The third-order valence-corrected chi connectivity index (χ3v) is 13.7. The number of aromatic nitrogens is 2. The monoisotopic (exact) mass is 862 g/mol. The standard InChI is InChI=1S/C57H41N5Si/c58-56(43-23-19-29-47(39-43)63(44-24-6-2-7-25-44,45-26-8-3-9-27-45)46-28-18-22-42(38-46)41-20-4-1-5-21-41)60-57(62-54-36-16-12-32-50(54)51-33-13-17-37-55(51)62)59-40-61-52-34-14-10-30-48(52)49-31-11-15-35-53(49)61/h1-40,58H/i1D,2D,3D,4D,5D,6D,7D,8D,9D,10D,11D,12D,13D,14D,15D,16D,17D,18D,19D,20D,21D,22D,23D,24D,25D,26D,28D,29D,30D,31D,32D,33D,34D,35D,36D,37D,38D,39D. The van der Waals surface area contributed by atoms with E-state index in [9.17, 15) is 23.2 Å². The normalized spacial score (nSPS) is 21.4. The van der Waals surface area contributed by atoms with Crippen molar-refractivity contribution in [1.82, 2.24) is 9.13 Å². The van der Waals surface area contributed by atoms with E-state index < -0.39 is 331 Å². The highest BCUT2D eigenvalue weighted by Gasteiger charge is 2.41.